The molecule has 0 fully saturated rings. The van der Waals surface area contributed by atoms with Crippen molar-refractivity contribution in [2.75, 3.05) is 11.1 Å². The number of anilines is 1. The van der Waals surface area contributed by atoms with E-state index in [1.165, 1.54) is 11.8 Å². The molecule has 1 amide bonds. The van der Waals surface area contributed by atoms with Gasteiger partial charge in [0.25, 0.3) is 0 Å². The molecule has 178 valence electrons. The van der Waals surface area contributed by atoms with Gasteiger partial charge in [0.05, 0.1) is 17.0 Å². The van der Waals surface area contributed by atoms with Crippen LogP contribution in [0.1, 0.15) is 0 Å². The first-order valence-electron chi connectivity index (χ1n) is 11.3. The first-order valence-corrected chi connectivity index (χ1v) is 12.7. The molecule has 0 radical (unpaired) electrons. The summed E-state index contributed by atoms with van der Waals surface area (Å²) < 4.78 is 1.98. The lowest BCUT2D eigenvalue weighted by Crippen LogP contribution is -2.14. The molecule has 0 aliphatic rings. The zero-order valence-electron chi connectivity index (χ0n) is 19.3. The van der Waals surface area contributed by atoms with Gasteiger partial charge in [-0.3, -0.25) is 9.36 Å². The fraction of sp³-hybridized carbons (Fsp3) is 0.0714. The van der Waals surface area contributed by atoms with Crippen molar-refractivity contribution in [1.29, 1.82) is 0 Å². The van der Waals surface area contributed by atoms with E-state index < -0.39 is 0 Å². The van der Waals surface area contributed by atoms with Gasteiger partial charge in [0, 0.05) is 33.8 Å². The van der Waals surface area contributed by atoms with Gasteiger partial charge in [-0.2, -0.15) is 0 Å². The maximum atomic E-state index is 12.5. The van der Waals surface area contributed by atoms with E-state index in [2.05, 4.69) is 22.1 Å². The third kappa shape index (κ3) is 5.17. The lowest BCUT2D eigenvalue weighted by molar-refractivity contribution is -0.113. The van der Waals surface area contributed by atoms with E-state index >= 15 is 0 Å². The summed E-state index contributed by atoms with van der Waals surface area (Å²) in [4.78, 5) is 17.4. The van der Waals surface area contributed by atoms with Gasteiger partial charge in [-0.05, 0) is 36.4 Å². The lowest BCUT2D eigenvalue weighted by atomic mass is 10.0. The van der Waals surface area contributed by atoms with Crippen molar-refractivity contribution < 1.29 is 4.79 Å². The molecule has 2 aromatic heterocycles. The second-order valence-corrected chi connectivity index (χ2v) is 9.37. The third-order valence-corrected chi connectivity index (χ3v) is 6.73. The number of allylic oxidation sites excluding steroid dienone is 1. The van der Waals surface area contributed by atoms with Gasteiger partial charge in [-0.25, -0.2) is 4.98 Å². The van der Waals surface area contributed by atoms with E-state index in [-0.39, 0.29) is 11.7 Å². The Morgan fingerprint density at radius 2 is 1.75 bits per heavy atom. The molecule has 0 unspecified atom stereocenters. The Bertz CT molecular complexity index is 1530. The number of aromatic nitrogens is 4. The van der Waals surface area contributed by atoms with Gasteiger partial charge in [0.1, 0.15) is 0 Å². The maximum absolute atomic E-state index is 12.5. The highest BCUT2D eigenvalue weighted by Gasteiger charge is 2.18. The van der Waals surface area contributed by atoms with Crippen LogP contribution in [0.25, 0.3) is 33.5 Å². The number of nitrogens with zero attached hydrogens (tertiary/aromatic N) is 4. The summed E-state index contributed by atoms with van der Waals surface area (Å²) in [6.07, 6.45) is 1.80. The third-order valence-electron chi connectivity index (χ3n) is 5.52. The Hall–Kier alpha value is -3.94. The Kier molecular flexibility index (Phi) is 7.11. The number of carbonyl (C=O) groups is 1. The molecule has 0 atom stereocenters. The molecule has 0 saturated heterocycles. The smallest absolute Gasteiger partial charge is 0.234 e. The van der Waals surface area contributed by atoms with Crippen LogP contribution in [0, 0.1) is 0 Å². The number of amides is 1. The fourth-order valence-corrected chi connectivity index (χ4v) is 4.74. The van der Waals surface area contributed by atoms with Gasteiger partial charge in [-0.15, -0.1) is 16.8 Å². The molecular formula is C28H22ClN5OS. The van der Waals surface area contributed by atoms with Crippen molar-refractivity contribution in [2.24, 2.45) is 0 Å². The van der Waals surface area contributed by atoms with Crippen LogP contribution >= 0.6 is 23.4 Å². The number of benzene rings is 3. The van der Waals surface area contributed by atoms with E-state index in [4.69, 9.17) is 16.6 Å². The summed E-state index contributed by atoms with van der Waals surface area (Å²) >= 11 is 7.25. The zero-order valence-corrected chi connectivity index (χ0v) is 20.8. The molecule has 0 bridgehead atoms. The fourth-order valence-electron chi connectivity index (χ4n) is 3.87. The summed E-state index contributed by atoms with van der Waals surface area (Å²) in [6.45, 7) is 4.41. The van der Waals surface area contributed by atoms with E-state index in [1.54, 1.807) is 30.3 Å². The standard InChI is InChI=1S/C28H22ClN5OS/c1-2-16-34-27(32-33-28(34)36-18-26(35)30-21-14-12-20(29)13-15-21)23-17-25(19-8-4-3-5-9-19)31-24-11-7-6-10-22(23)24/h2-15,17H,1,16,18H2,(H,30,35). The molecule has 36 heavy (non-hydrogen) atoms. The van der Waals surface area contributed by atoms with Crippen LogP contribution in [0.5, 0.6) is 0 Å². The quantitative estimate of drug-likeness (QED) is 0.185. The van der Waals surface area contributed by atoms with Crippen LogP contribution in [0.2, 0.25) is 5.02 Å². The minimum absolute atomic E-state index is 0.141. The van der Waals surface area contributed by atoms with Gasteiger partial charge in [0.15, 0.2) is 11.0 Å². The first kappa shape index (κ1) is 23.8. The summed E-state index contributed by atoms with van der Waals surface area (Å²) in [5, 5.41) is 14.1. The van der Waals surface area contributed by atoms with Gasteiger partial charge < -0.3 is 5.32 Å². The first-order chi connectivity index (χ1) is 17.6. The molecule has 0 aliphatic carbocycles. The normalized spacial score (nSPS) is 10.9. The molecule has 8 heteroatoms. The van der Waals surface area contributed by atoms with Crippen molar-refractivity contribution in [3.63, 3.8) is 0 Å². The van der Waals surface area contributed by atoms with Crippen LogP contribution < -0.4 is 5.32 Å². The minimum Gasteiger partial charge on any atom is -0.325 e. The summed E-state index contributed by atoms with van der Waals surface area (Å²) in [5.74, 6) is 0.744. The van der Waals surface area contributed by atoms with E-state index in [0.717, 1.165) is 27.7 Å². The number of pyridine rings is 1. The monoisotopic (exact) mass is 511 g/mol. The molecule has 3 aromatic carbocycles. The van der Waals surface area contributed by atoms with E-state index in [0.29, 0.717) is 28.2 Å². The Morgan fingerprint density at radius 3 is 2.53 bits per heavy atom. The number of nitrogens with one attached hydrogen (secondary N) is 1. The van der Waals surface area contributed by atoms with Crippen molar-refractivity contribution in [1.82, 2.24) is 19.7 Å². The van der Waals surface area contributed by atoms with Gasteiger partial charge in [-0.1, -0.05) is 78.0 Å². The second kappa shape index (κ2) is 10.8. The highest BCUT2D eigenvalue weighted by molar-refractivity contribution is 7.99. The molecule has 0 spiro atoms. The molecule has 1 N–H and O–H groups in total. The predicted octanol–water partition coefficient (Wildman–Crippen LogP) is 6.73. The molecule has 0 aliphatic heterocycles. The summed E-state index contributed by atoms with van der Waals surface area (Å²) in [5.41, 5.74) is 4.36. The summed E-state index contributed by atoms with van der Waals surface area (Å²) in [6, 6.07) is 27.1. The van der Waals surface area contributed by atoms with E-state index in [1.807, 2.05) is 65.2 Å². The van der Waals surface area contributed by atoms with E-state index in [9.17, 15) is 4.79 Å². The number of carbonyl (C=O) groups excluding carboxylic acids is 1. The molecule has 6 nitrogen and oxygen atoms in total. The molecule has 2 heterocycles. The highest BCUT2D eigenvalue weighted by Crippen LogP contribution is 2.33. The van der Waals surface area contributed by atoms with Crippen molar-refractivity contribution in [2.45, 2.75) is 11.7 Å². The van der Waals surface area contributed by atoms with Crippen LogP contribution in [0.3, 0.4) is 0 Å². The van der Waals surface area contributed by atoms with Gasteiger partial charge >= 0.3 is 0 Å². The number of para-hydroxylation sites is 1. The number of fused-ring (bicyclic) bond motifs is 1. The summed E-state index contributed by atoms with van der Waals surface area (Å²) in [7, 11) is 0. The van der Waals surface area contributed by atoms with Crippen molar-refractivity contribution in [3.05, 3.63) is 103 Å². The predicted molar refractivity (Wildman–Crippen MR) is 147 cm³/mol. The number of hydrogen-bond acceptors (Lipinski definition) is 5. The average Bonchev–Trinajstić information content (AvgIpc) is 3.31. The lowest BCUT2D eigenvalue weighted by Gasteiger charge is -2.12. The Morgan fingerprint density at radius 1 is 1.00 bits per heavy atom. The van der Waals surface area contributed by atoms with Crippen LogP contribution in [0.4, 0.5) is 5.69 Å². The maximum Gasteiger partial charge on any atom is 0.234 e. The SMILES string of the molecule is C=CCn1c(SCC(=O)Nc2ccc(Cl)cc2)nnc1-c1cc(-c2ccccc2)nc2ccccc12. The molecule has 5 rings (SSSR count). The molecule has 5 aromatic rings. The number of halogens is 1. The van der Waals surface area contributed by atoms with Crippen LogP contribution in [0.15, 0.2) is 103 Å². The Labute approximate surface area is 218 Å². The van der Waals surface area contributed by atoms with Crippen LogP contribution in [-0.4, -0.2) is 31.4 Å². The minimum atomic E-state index is -0.141. The highest BCUT2D eigenvalue weighted by atomic mass is 35.5. The van der Waals surface area contributed by atoms with Crippen LogP contribution in [-0.2, 0) is 11.3 Å². The number of thioether (sulfide) groups is 1. The zero-order chi connectivity index (χ0) is 24.9. The average molecular weight is 512 g/mol. The number of hydrogen-bond donors (Lipinski definition) is 1. The van der Waals surface area contributed by atoms with Crippen molar-refractivity contribution >= 4 is 45.9 Å². The topological polar surface area (TPSA) is 72.7 Å². The molecular weight excluding hydrogens is 490 g/mol. The van der Waals surface area contributed by atoms with Crippen molar-refractivity contribution in [3.8, 4) is 22.6 Å². The second-order valence-electron chi connectivity index (χ2n) is 7.99. The number of rotatable bonds is 8. The van der Waals surface area contributed by atoms with Gasteiger partial charge in [0.2, 0.25) is 5.91 Å². The molecule has 0 saturated carbocycles. The Balaban J connectivity index is 1.47. The largest absolute Gasteiger partial charge is 0.325 e.